The number of ketones is 1. The van der Waals surface area contributed by atoms with Crippen LogP contribution < -0.4 is 0 Å². The first kappa shape index (κ1) is 10.7. The maximum absolute atomic E-state index is 11.3. The summed E-state index contributed by atoms with van der Waals surface area (Å²) in [6.07, 6.45) is 0.392. The second kappa shape index (κ2) is 4.72. The normalized spacial score (nSPS) is 9.69. The summed E-state index contributed by atoms with van der Waals surface area (Å²) in [7, 11) is 0. The lowest BCUT2D eigenvalue weighted by Gasteiger charge is -1.99. The van der Waals surface area contributed by atoms with Crippen LogP contribution in [0.5, 0.6) is 0 Å². The van der Waals surface area contributed by atoms with Gasteiger partial charge >= 0.3 is 0 Å². The van der Waals surface area contributed by atoms with Crippen LogP contribution in [0.1, 0.15) is 5.56 Å². The van der Waals surface area contributed by atoms with E-state index in [2.05, 4.69) is 38.4 Å². The van der Waals surface area contributed by atoms with Gasteiger partial charge in [0.15, 0.2) is 5.78 Å². The summed E-state index contributed by atoms with van der Waals surface area (Å²) >= 11 is 6.40. The summed E-state index contributed by atoms with van der Waals surface area (Å²) in [5.74, 6) is 0.0121. The molecule has 1 nitrogen and oxygen atoms in total. The minimum atomic E-state index is 0.0121. The molecule has 0 fully saturated rings. The van der Waals surface area contributed by atoms with Crippen LogP contribution in [-0.4, -0.2) is 5.78 Å². The fourth-order valence-corrected chi connectivity index (χ4v) is 1.52. The first-order chi connectivity index (χ1) is 6.09. The van der Waals surface area contributed by atoms with Crippen LogP contribution in [0.2, 0.25) is 0 Å². The molecule has 13 heavy (non-hydrogen) atoms. The van der Waals surface area contributed by atoms with Gasteiger partial charge in [0.25, 0.3) is 0 Å². The zero-order chi connectivity index (χ0) is 9.84. The highest BCUT2D eigenvalue weighted by Gasteiger charge is 2.04. The van der Waals surface area contributed by atoms with Crippen molar-refractivity contribution in [1.29, 1.82) is 0 Å². The van der Waals surface area contributed by atoms with Crippen molar-refractivity contribution in [2.24, 2.45) is 0 Å². The number of rotatable bonds is 3. The number of carbonyl (C=O) groups is 1. The molecule has 0 saturated carbocycles. The van der Waals surface area contributed by atoms with E-state index in [1.165, 1.54) is 0 Å². The fourth-order valence-electron chi connectivity index (χ4n) is 0.928. The van der Waals surface area contributed by atoms with Crippen LogP contribution in [0.4, 0.5) is 0 Å². The summed E-state index contributed by atoms with van der Waals surface area (Å²) in [5.41, 5.74) is 0.986. The number of hydrogen-bond acceptors (Lipinski definition) is 1. The lowest BCUT2D eigenvalue weighted by Crippen LogP contribution is -2.00. The van der Waals surface area contributed by atoms with Gasteiger partial charge in [-0.15, -0.1) is 0 Å². The van der Waals surface area contributed by atoms with E-state index in [1.807, 2.05) is 24.3 Å². The molecule has 0 spiro atoms. The summed E-state index contributed by atoms with van der Waals surface area (Å²) in [6.45, 7) is 3.53. The highest BCUT2D eigenvalue weighted by Crippen LogP contribution is 2.14. The van der Waals surface area contributed by atoms with Crippen LogP contribution >= 0.6 is 31.9 Å². The Morgan fingerprint density at radius 3 is 2.69 bits per heavy atom. The van der Waals surface area contributed by atoms with Crippen LogP contribution in [0.15, 0.2) is 39.8 Å². The van der Waals surface area contributed by atoms with Crippen LogP contribution in [0, 0.1) is 0 Å². The number of hydrogen-bond donors (Lipinski definition) is 0. The van der Waals surface area contributed by atoms with Crippen molar-refractivity contribution in [1.82, 2.24) is 0 Å². The van der Waals surface area contributed by atoms with E-state index in [0.29, 0.717) is 10.9 Å². The molecule has 0 saturated heterocycles. The molecular formula is C10H8Br2O. The number of allylic oxidation sites excluding steroid dienone is 1. The van der Waals surface area contributed by atoms with Crippen molar-refractivity contribution < 1.29 is 4.79 Å². The van der Waals surface area contributed by atoms with Crippen molar-refractivity contribution in [3.63, 3.8) is 0 Å². The van der Waals surface area contributed by atoms with E-state index in [-0.39, 0.29) is 5.78 Å². The predicted molar refractivity (Wildman–Crippen MR) is 60.9 cm³/mol. The van der Waals surface area contributed by atoms with E-state index in [1.54, 1.807) is 0 Å². The standard InChI is InChI=1S/C10H8Br2O/c1-7(11)10(13)6-8-3-2-4-9(12)5-8/h2-5H,1,6H2. The second-order valence-corrected chi connectivity index (χ2v) is 4.51. The molecule has 0 amide bonds. The molecule has 0 radical (unpaired) electrons. The SMILES string of the molecule is C=C(Br)C(=O)Cc1cccc(Br)c1. The summed E-state index contributed by atoms with van der Waals surface area (Å²) in [6, 6.07) is 7.67. The van der Waals surface area contributed by atoms with E-state index in [4.69, 9.17) is 0 Å². The van der Waals surface area contributed by atoms with E-state index in [0.717, 1.165) is 10.0 Å². The molecule has 1 aromatic carbocycles. The van der Waals surface area contributed by atoms with Gasteiger partial charge in [-0.25, -0.2) is 0 Å². The summed E-state index contributed by atoms with van der Waals surface area (Å²) in [4.78, 5) is 11.3. The van der Waals surface area contributed by atoms with Crippen LogP contribution in [-0.2, 0) is 11.2 Å². The van der Waals surface area contributed by atoms with Gasteiger partial charge in [0.2, 0.25) is 0 Å². The molecule has 0 aliphatic heterocycles. The fraction of sp³-hybridized carbons (Fsp3) is 0.100. The maximum Gasteiger partial charge on any atom is 0.173 e. The molecule has 0 N–H and O–H groups in total. The largest absolute Gasteiger partial charge is 0.293 e. The van der Waals surface area contributed by atoms with Gasteiger partial charge in [-0.3, -0.25) is 4.79 Å². The Hall–Kier alpha value is -0.410. The predicted octanol–water partition coefficient (Wildman–Crippen LogP) is 3.47. The Labute approximate surface area is 94.1 Å². The number of carbonyl (C=O) groups excluding carboxylic acids is 1. The monoisotopic (exact) mass is 302 g/mol. The number of Topliss-reactive ketones (excluding diaryl/α,β-unsaturated/α-hetero) is 1. The molecule has 0 unspecified atom stereocenters. The van der Waals surface area contributed by atoms with Crippen molar-refractivity contribution in [3.8, 4) is 0 Å². The smallest absolute Gasteiger partial charge is 0.173 e. The van der Waals surface area contributed by atoms with Gasteiger partial charge in [-0.2, -0.15) is 0 Å². The Kier molecular flexibility index (Phi) is 3.88. The third-order valence-corrected chi connectivity index (χ3v) is 2.49. The van der Waals surface area contributed by atoms with E-state index >= 15 is 0 Å². The lowest BCUT2D eigenvalue weighted by molar-refractivity contribution is -0.114. The van der Waals surface area contributed by atoms with E-state index in [9.17, 15) is 4.79 Å². The Balaban J connectivity index is 2.75. The van der Waals surface area contributed by atoms with Crippen molar-refractivity contribution in [3.05, 3.63) is 45.4 Å². The van der Waals surface area contributed by atoms with Gasteiger partial charge in [0, 0.05) is 10.9 Å². The van der Waals surface area contributed by atoms with Gasteiger partial charge in [0.1, 0.15) is 0 Å². The quantitative estimate of drug-likeness (QED) is 0.782. The van der Waals surface area contributed by atoms with Crippen molar-refractivity contribution in [2.45, 2.75) is 6.42 Å². The molecule has 0 aliphatic rings. The van der Waals surface area contributed by atoms with Crippen molar-refractivity contribution in [2.75, 3.05) is 0 Å². The first-order valence-electron chi connectivity index (χ1n) is 3.71. The minimum absolute atomic E-state index is 0.0121. The van der Waals surface area contributed by atoms with Crippen molar-refractivity contribution >= 4 is 37.6 Å². The van der Waals surface area contributed by atoms with E-state index < -0.39 is 0 Å². The second-order valence-electron chi connectivity index (χ2n) is 2.63. The molecule has 1 rings (SSSR count). The molecular weight excluding hydrogens is 296 g/mol. The third kappa shape index (κ3) is 3.44. The molecule has 68 valence electrons. The van der Waals surface area contributed by atoms with Gasteiger partial charge in [0.05, 0.1) is 4.48 Å². The molecule has 0 atom stereocenters. The third-order valence-electron chi connectivity index (χ3n) is 1.56. The molecule has 3 heteroatoms. The molecule has 0 heterocycles. The first-order valence-corrected chi connectivity index (χ1v) is 5.30. The number of halogens is 2. The molecule has 0 aromatic heterocycles. The van der Waals surface area contributed by atoms with Gasteiger partial charge in [-0.05, 0) is 33.6 Å². The Bertz CT molecular complexity index is 345. The van der Waals surface area contributed by atoms with Crippen LogP contribution in [0.25, 0.3) is 0 Å². The highest BCUT2D eigenvalue weighted by molar-refractivity contribution is 9.12. The maximum atomic E-state index is 11.3. The molecule has 0 bridgehead atoms. The summed E-state index contributed by atoms with van der Waals surface area (Å²) in [5, 5.41) is 0. The van der Waals surface area contributed by atoms with Crippen LogP contribution in [0.3, 0.4) is 0 Å². The lowest BCUT2D eigenvalue weighted by atomic mass is 10.1. The Morgan fingerprint density at radius 2 is 2.15 bits per heavy atom. The highest BCUT2D eigenvalue weighted by atomic mass is 79.9. The minimum Gasteiger partial charge on any atom is -0.293 e. The van der Waals surface area contributed by atoms with Gasteiger partial charge in [-0.1, -0.05) is 34.6 Å². The molecule has 1 aromatic rings. The summed E-state index contributed by atoms with van der Waals surface area (Å²) < 4.78 is 1.41. The zero-order valence-corrected chi connectivity index (χ0v) is 10.1. The average Bonchev–Trinajstić information content (AvgIpc) is 2.04. The molecule has 0 aliphatic carbocycles. The van der Waals surface area contributed by atoms with Gasteiger partial charge < -0.3 is 0 Å². The topological polar surface area (TPSA) is 17.1 Å². The zero-order valence-electron chi connectivity index (χ0n) is 6.89. The average molecular weight is 304 g/mol. The number of benzene rings is 1. The Morgan fingerprint density at radius 1 is 1.46 bits per heavy atom.